The van der Waals surface area contributed by atoms with Crippen molar-refractivity contribution in [3.8, 4) is 0 Å². The summed E-state index contributed by atoms with van der Waals surface area (Å²) in [5.41, 5.74) is 5.67. The van der Waals surface area contributed by atoms with Gasteiger partial charge >= 0.3 is 0 Å². The van der Waals surface area contributed by atoms with Crippen LogP contribution in [0.3, 0.4) is 0 Å². The first-order valence-corrected chi connectivity index (χ1v) is 7.36. The van der Waals surface area contributed by atoms with Gasteiger partial charge < -0.3 is 10.6 Å². The molecule has 2 N–H and O–H groups in total. The van der Waals surface area contributed by atoms with Gasteiger partial charge in [-0.25, -0.2) is 0 Å². The molecule has 0 aromatic heterocycles. The Kier molecular flexibility index (Phi) is 3.08. The monoisotopic (exact) mass is 279 g/mol. The van der Waals surface area contributed by atoms with E-state index in [1.807, 2.05) is 6.92 Å². The molecule has 0 aromatic rings. The molecule has 3 rings (SSSR count). The summed E-state index contributed by atoms with van der Waals surface area (Å²) in [5.74, 6) is -0.572. The lowest BCUT2D eigenvalue weighted by Gasteiger charge is -2.27. The van der Waals surface area contributed by atoms with Crippen molar-refractivity contribution in [3.63, 3.8) is 0 Å². The number of imide groups is 1. The van der Waals surface area contributed by atoms with Crippen LogP contribution in [-0.2, 0) is 14.4 Å². The van der Waals surface area contributed by atoms with Gasteiger partial charge in [-0.3, -0.25) is 19.3 Å². The molecule has 110 valence electrons. The first-order valence-electron chi connectivity index (χ1n) is 7.36. The molecule has 0 aromatic carbocycles. The van der Waals surface area contributed by atoms with Crippen LogP contribution in [0, 0.1) is 11.8 Å². The first-order chi connectivity index (χ1) is 9.43. The van der Waals surface area contributed by atoms with Gasteiger partial charge in [0.2, 0.25) is 17.7 Å². The van der Waals surface area contributed by atoms with Crippen LogP contribution in [0.15, 0.2) is 0 Å². The number of likely N-dealkylation sites (tertiary alicyclic amines) is 2. The van der Waals surface area contributed by atoms with Gasteiger partial charge in [0.1, 0.15) is 0 Å². The summed E-state index contributed by atoms with van der Waals surface area (Å²) >= 11 is 0. The highest BCUT2D eigenvalue weighted by atomic mass is 16.2. The summed E-state index contributed by atoms with van der Waals surface area (Å²) in [7, 11) is 0. The summed E-state index contributed by atoms with van der Waals surface area (Å²) in [5, 5.41) is 0. The Balaban J connectivity index is 1.84. The van der Waals surface area contributed by atoms with E-state index in [4.69, 9.17) is 5.73 Å². The number of nitrogens with zero attached hydrogens (tertiary/aromatic N) is 2. The predicted octanol–water partition coefficient (Wildman–Crippen LogP) is -0.282. The van der Waals surface area contributed by atoms with Crippen molar-refractivity contribution in [2.75, 3.05) is 6.54 Å². The lowest BCUT2D eigenvalue weighted by atomic mass is 10.0. The molecule has 0 spiro atoms. The van der Waals surface area contributed by atoms with Crippen LogP contribution in [0.1, 0.15) is 33.1 Å². The van der Waals surface area contributed by atoms with Crippen LogP contribution in [0.25, 0.3) is 0 Å². The summed E-state index contributed by atoms with van der Waals surface area (Å²) in [6.07, 6.45) is 2.45. The van der Waals surface area contributed by atoms with Crippen LogP contribution >= 0.6 is 0 Å². The van der Waals surface area contributed by atoms with E-state index >= 15 is 0 Å². The van der Waals surface area contributed by atoms with Crippen molar-refractivity contribution in [3.05, 3.63) is 0 Å². The Hall–Kier alpha value is -1.43. The highest BCUT2D eigenvalue weighted by Gasteiger charge is 2.56. The van der Waals surface area contributed by atoms with Gasteiger partial charge in [-0.15, -0.1) is 0 Å². The molecule has 3 fully saturated rings. The Labute approximate surface area is 118 Å². The van der Waals surface area contributed by atoms with Crippen molar-refractivity contribution in [2.24, 2.45) is 17.6 Å². The maximum Gasteiger partial charge on any atom is 0.239 e. The second kappa shape index (κ2) is 4.55. The quantitative estimate of drug-likeness (QED) is 0.705. The SMILES string of the molecule is C[C@H](N)C(=O)N1CC[C@@H]2[C@@H]1[C@@H](C)C(=O)N2C(=O)C1CC1. The van der Waals surface area contributed by atoms with E-state index in [0.717, 1.165) is 12.8 Å². The number of fused-ring (bicyclic) bond motifs is 1. The average molecular weight is 279 g/mol. The van der Waals surface area contributed by atoms with E-state index in [9.17, 15) is 14.4 Å². The van der Waals surface area contributed by atoms with E-state index < -0.39 is 6.04 Å². The van der Waals surface area contributed by atoms with Crippen LogP contribution in [0.5, 0.6) is 0 Å². The van der Waals surface area contributed by atoms with Gasteiger partial charge in [0, 0.05) is 12.5 Å². The number of amides is 3. The van der Waals surface area contributed by atoms with Crippen molar-refractivity contribution in [2.45, 2.75) is 51.2 Å². The third-order valence-corrected chi connectivity index (χ3v) is 4.73. The van der Waals surface area contributed by atoms with E-state index in [0.29, 0.717) is 13.0 Å². The van der Waals surface area contributed by atoms with Crippen LogP contribution in [0.2, 0.25) is 0 Å². The minimum atomic E-state index is -0.566. The molecule has 6 nitrogen and oxygen atoms in total. The van der Waals surface area contributed by atoms with Crippen LogP contribution in [0.4, 0.5) is 0 Å². The molecule has 3 aliphatic rings. The largest absolute Gasteiger partial charge is 0.335 e. The normalized spacial score (nSPS) is 34.4. The standard InChI is InChI=1S/C14H21N3O3/c1-7-11-10(5-6-16(11)13(19)8(2)15)17(12(7)18)14(20)9-3-4-9/h7-11H,3-6,15H2,1-2H3/t7-,8+,10-,11+/m1/s1. The molecular formula is C14H21N3O3. The van der Waals surface area contributed by atoms with E-state index in [-0.39, 0.29) is 41.6 Å². The van der Waals surface area contributed by atoms with Gasteiger partial charge in [-0.05, 0) is 26.2 Å². The fraction of sp³-hybridized carbons (Fsp3) is 0.786. The van der Waals surface area contributed by atoms with Gasteiger partial charge in [0.05, 0.1) is 24.0 Å². The number of nitrogens with two attached hydrogens (primary N) is 1. The van der Waals surface area contributed by atoms with E-state index in [2.05, 4.69) is 0 Å². The Morgan fingerprint density at radius 3 is 2.50 bits per heavy atom. The Morgan fingerprint density at radius 2 is 1.95 bits per heavy atom. The number of hydrogen-bond donors (Lipinski definition) is 1. The Morgan fingerprint density at radius 1 is 1.30 bits per heavy atom. The smallest absolute Gasteiger partial charge is 0.239 e. The molecule has 0 radical (unpaired) electrons. The average Bonchev–Trinajstić information content (AvgIpc) is 3.12. The molecule has 1 aliphatic carbocycles. The van der Waals surface area contributed by atoms with Crippen molar-refractivity contribution in [1.29, 1.82) is 0 Å². The molecule has 1 saturated carbocycles. The first kappa shape index (κ1) is 13.5. The summed E-state index contributed by atoms with van der Waals surface area (Å²) < 4.78 is 0. The number of carbonyl (C=O) groups is 3. The minimum Gasteiger partial charge on any atom is -0.335 e. The van der Waals surface area contributed by atoms with Crippen molar-refractivity contribution < 1.29 is 14.4 Å². The highest BCUT2D eigenvalue weighted by molar-refractivity contribution is 6.01. The molecule has 3 amide bonds. The lowest BCUT2D eigenvalue weighted by molar-refractivity contribution is -0.145. The maximum absolute atomic E-state index is 12.4. The van der Waals surface area contributed by atoms with Gasteiger partial charge in [-0.2, -0.15) is 0 Å². The van der Waals surface area contributed by atoms with Crippen LogP contribution < -0.4 is 5.73 Å². The second-order valence-corrected chi connectivity index (χ2v) is 6.28. The van der Waals surface area contributed by atoms with E-state index in [1.165, 1.54) is 4.90 Å². The second-order valence-electron chi connectivity index (χ2n) is 6.28. The van der Waals surface area contributed by atoms with Gasteiger partial charge in [0.25, 0.3) is 0 Å². The molecular weight excluding hydrogens is 258 g/mol. The molecule has 2 heterocycles. The summed E-state index contributed by atoms with van der Waals surface area (Å²) in [4.78, 5) is 40.0. The van der Waals surface area contributed by atoms with E-state index in [1.54, 1.807) is 11.8 Å². The third-order valence-electron chi connectivity index (χ3n) is 4.73. The molecule has 6 heteroatoms. The lowest BCUT2D eigenvalue weighted by Crippen LogP contribution is -2.48. The summed E-state index contributed by atoms with van der Waals surface area (Å²) in [6, 6.07) is -0.902. The van der Waals surface area contributed by atoms with Gasteiger partial charge in [-0.1, -0.05) is 6.92 Å². The zero-order chi connectivity index (χ0) is 14.6. The summed E-state index contributed by atoms with van der Waals surface area (Å²) in [6.45, 7) is 4.05. The van der Waals surface area contributed by atoms with Crippen LogP contribution in [-0.4, -0.2) is 52.2 Å². The van der Waals surface area contributed by atoms with Crippen molar-refractivity contribution >= 4 is 17.7 Å². The van der Waals surface area contributed by atoms with Gasteiger partial charge in [0.15, 0.2) is 0 Å². The topological polar surface area (TPSA) is 83.7 Å². The number of hydrogen-bond acceptors (Lipinski definition) is 4. The molecule has 4 atom stereocenters. The molecule has 20 heavy (non-hydrogen) atoms. The molecule has 2 saturated heterocycles. The zero-order valence-corrected chi connectivity index (χ0v) is 11.9. The fourth-order valence-electron chi connectivity index (χ4n) is 3.53. The number of rotatable bonds is 2. The Bertz CT molecular complexity index is 472. The predicted molar refractivity (Wildman–Crippen MR) is 71.3 cm³/mol. The minimum absolute atomic E-state index is 0.0306. The fourth-order valence-corrected chi connectivity index (χ4v) is 3.53. The molecule has 2 aliphatic heterocycles. The third kappa shape index (κ3) is 1.85. The molecule has 0 unspecified atom stereocenters. The maximum atomic E-state index is 12.4. The molecule has 0 bridgehead atoms. The van der Waals surface area contributed by atoms with Crippen molar-refractivity contribution in [1.82, 2.24) is 9.80 Å². The number of carbonyl (C=O) groups excluding carboxylic acids is 3. The zero-order valence-electron chi connectivity index (χ0n) is 11.9. The highest BCUT2D eigenvalue weighted by Crippen LogP contribution is 2.40.